The first kappa shape index (κ1) is 24.3. The van der Waals surface area contributed by atoms with Crippen LogP contribution in [-0.4, -0.2) is 39.8 Å². The monoisotopic (exact) mass is 484 g/mol. The number of nitrogens with two attached hydrogens (primary N) is 1. The number of pyridine rings is 1. The third-order valence-corrected chi connectivity index (χ3v) is 5.68. The summed E-state index contributed by atoms with van der Waals surface area (Å²) in [4.78, 5) is 24.3. The van der Waals surface area contributed by atoms with Crippen LogP contribution in [0.25, 0.3) is 5.57 Å². The molecule has 0 saturated carbocycles. The van der Waals surface area contributed by atoms with Crippen molar-refractivity contribution in [1.29, 1.82) is 5.41 Å². The molecule has 0 atom stereocenters. The molecular weight excluding hydrogens is 461 g/mol. The Morgan fingerprint density at radius 2 is 2.09 bits per heavy atom. The first-order valence-corrected chi connectivity index (χ1v) is 10.7. The number of anilines is 1. The third-order valence-electron chi connectivity index (χ3n) is 5.68. The lowest BCUT2D eigenvalue weighted by molar-refractivity contribution is -0.138. The van der Waals surface area contributed by atoms with E-state index in [9.17, 15) is 18.0 Å². The Balaban J connectivity index is 1.59. The van der Waals surface area contributed by atoms with E-state index in [0.717, 1.165) is 11.6 Å². The van der Waals surface area contributed by atoms with E-state index in [-0.39, 0.29) is 35.0 Å². The number of hydrogen-bond acceptors (Lipinski definition) is 6. The number of H-pyrrole nitrogens is 1. The Morgan fingerprint density at radius 1 is 1.31 bits per heavy atom. The van der Waals surface area contributed by atoms with E-state index in [1.165, 1.54) is 18.3 Å². The Labute approximate surface area is 198 Å². The topological polar surface area (TPSA) is 130 Å². The Hall–Kier alpha value is -3.83. The largest absolute Gasteiger partial charge is 0.416 e. The lowest BCUT2D eigenvalue weighted by Gasteiger charge is -2.27. The molecule has 0 spiro atoms. The summed E-state index contributed by atoms with van der Waals surface area (Å²) < 4.78 is 45.3. The van der Waals surface area contributed by atoms with Crippen molar-refractivity contribution in [1.82, 2.24) is 15.0 Å². The molecule has 35 heavy (non-hydrogen) atoms. The number of imidazole rings is 1. The highest BCUT2D eigenvalue weighted by molar-refractivity contribution is 6.12. The van der Waals surface area contributed by atoms with Gasteiger partial charge in [-0.2, -0.15) is 13.2 Å². The molecule has 1 aliphatic heterocycles. The van der Waals surface area contributed by atoms with Gasteiger partial charge in [0.25, 0.3) is 5.91 Å². The van der Waals surface area contributed by atoms with E-state index in [1.54, 1.807) is 31.5 Å². The average Bonchev–Trinajstić information content (AvgIpc) is 3.32. The van der Waals surface area contributed by atoms with Gasteiger partial charge < -0.3 is 26.2 Å². The molecule has 1 saturated heterocycles. The zero-order chi connectivity index (χ0) is 25.2. The van der Waals surface area contributed by atoms with Crippen molar-refractivity contribution < 1.29 is 22.7 Å². The van der Waals surface area contributed by atoms with Crippen molar-refractivity contribution in [2.75, 3.05) is 18.5 Å². The molecule has 0 aliphatic carbocycles. The summed E-state index contributed by atoms with van der Waals surface area (Å²) in [6.07, 6.45) is 1.75. The van der Waals surface area contributed by atoms with Crippen LogP contribution in [0.3, 0.4) is 0 Å². The van der Waals surface area contributed by atoms with E-state index in [1.807, 2.05) is 0 Å². The number of alkyl halides is 3. The Bertz CT molecular complexity index is 1280. The quantitative estimate of drug-likeness (QED) is 0.378. The number of aryl methyl sites for hydroxylation is 1. The maximum Gasteiger partial charge on any atom is 0.416 e. The molecular formula is C24H23F3N6O2. The summed E-state index contributed by atoms with van der Waals surface area (Å²) in [6, 6.07) is 4.82. The second kappa shape index (κ2) is 9.80. The normalized spacial score (nSPS) is 14.5. The van der Waals surface area contributed by atoms with E-state index in [0.29, 0.717) is 30.3 Å². The zero-order valence-corrected chi connectivity index (χ0v) is 18.7. The van der Waals surface area contributed by atoms with Gasteiger partial charge in [-0.15, -0.1) is 0 Å². The SMILES string of the molecule is Cc1ncc(NC(=O)c2ccc(CN)c(C(F)(F)F)c2)cc1C(=N)/C=C(\c1ncc[nH]1)C1COC1. The average molecular weight is 484 g/mol. The molecule has 1 aromatic carbocycles. The van der Waals surface area contributed by atoms with Gasteiger partial charge in [-0.05, 0) is 36.8 Å². The first-order chi connectivity index (χ1) is 16.7. The maximum absolute atomic E-state index is 13.3. The number of hydrogen-bond donors (Lipinski definition) is 4. The van der Waals surface area contributed by atoms with Crippen LogP contribution >= 0.6 is 0 Å². The van der Waals surface area contributed by atoms with Gasteiger partial charge in [0.1, 0.15) is 5.82 Å². The highest BCUT2D eigenvalue weighted by atomic mass is 19.4. The van der Waals surface area contributed by atoms with Crippen LogP contribution in [0.5, 0.6) is 0 Å². The molecule has 4 rings (SSSR count). The van der Waals surface area contributed by atoms with Gasteiger partial charge >= 0.3 is 6.18 Å². The van der Waals surface area contributed by atoms with Crippen LogP contribution in [0.2, 0.25) is 0 Å². The number of benzene rings is 1. The molecule has 5 N–H and O–H groups in total. The highest BCUT2D eigenvalue weighted by Crippen LogP contribution is 2.33. The summed E-state index contributed by atoms with van der Waals surface area (Å²) in [5.41, 5.74) is 6.42. The van der Waals surface area contributed by atoms with Crippen molar-refractivity contribution in [3.8, 4) is 0 Å². The number of allylic oxidation sites excluding steroid dienone is 1. The number of aromatic nitrogens is 3. The van der Waals surface area contributed by atoms with Gasteiger partial charge in [0.2, 0.25) is 0 Å². The standard InChI is InChI=1S/C24H23F3N6O2/c1-13-18(21(29)8-19(16-11-35-12-16)22-30-4-5-31-22)7-17(10-32-13)33-23(34)14-2-3-15(9-28)20(6-14)24(25,26)27/h2-8,10,16,29H,9,11-12,28H2,1H3,(H,30,31)(H,33,34)/b19-8-,29-21?. The van der Waals surface area contributed by atoms with Crippen molar-refractivity contribution in [3.63, 3.8) is 0 Å². The molecule has 0 unspecified atom stereocenters. The van der Waals surface area contributed by atoms with Gasteiger partial charge in [0.15, 0.2) is 0 Å². The number of carbonyl (C=O) groups is 1. The predicted octanol–water partition coefficient (Wildman–Crippen LogP) is 3.94. The van der Waals surface area contributed by atoms with E-state index in [2.05, 4.69) is 20.3 Å². The minimum absolute atomic E-state index is 0.0944. The fourth-order valence-electron chi connectivity index (χ4n) is 3.69. The van der Waals surface area contributed by atoms with Crippen molar-refractivity contribution in [3.05, 3.63) is 82.7 Å². The molecule has 1 amide bonds. The van der Waals surface area contributed by atoms with Gasteiger partial charge in [0, 0.05) is 47.3 Å². The summed E-state index contributed by atoms with van der Waals surface area (Å²) in [6.45, 7) is 2.47. The highest BCUT2D eigenvalue weighted by Gasteiger charge is 2.33. The molecule has 11 heteroatoms. The fourth-order valence-corrected chi connectivity index (χ4v) is 3.69. The van der Waals surface area contributed by atoms with E-state index >= 15 is 0 Å². The molecule has 2 aromatic heterocycles. The summed E-state index contributed by atoms with van der Waals surface area (Å²) in [5.74, 6) is -0.00266. The number of carbonyl (C=O) groups excluding carboxylic acids is 1. The van der Waals surface area contributed by atoms with E-state index in [4.69, 9.17) is 15.9 Å². The molecule has 0 radical (unpaired) electrons. The summed E-state index contributed by atoms with van der Waals surface area (Å²) in [5, 5.41) is 11.2. The van der Waals surface area contributed by atoms with E-state index < -0.39 is 17.6 Å². The van der Waals surface area contributed by atoms with Crippen LogP contribution in [0.4, 0.5) is 18.9 Å². The zero-order valence-electron chi connectivity index (χ0n) is 18.7. The molecule has 1 aliphatic rings. The number of aromatic amines is 1. The number of amides is 1. The van der Waals surface area contributed by atoms with Crippen LogP contribution in [-0.2, 0) is 17.5 Å². The molecule has 8 nitrogen and oxygen atoms in total. The second-order valence-corrected chi connectivity index (χ2v) is 8.07. The molecule has 0 bridgehead atoms. The second-order valence-electron chi connectivity index (χ2n) is 8.07. The molecule has 3 aromatic rings. The van der Waals surface area contributed by atoms with Crippen LogP contribution in [0, 0.1) is 18.3 Å². The minimum Gasteiger partial charge on any atom is -0.380 e. The predicted molar refractivity (Wildman–Crippen MR) is 124 cm³/mol. The first-order valence-electron chi connectivity index (χ1n) is 10.7. The maximum atomic E-state index is 13.3. The Morgan fingerprint density at radius 3 is 2.69 bits per heavy atom. The van der Waals surface area contributed by atoms with Gasteiger partial charge in [-0.1, -0.05) is 6.07 Å². The molecule has 1 fully saturated rings. The van der Waals surface area contributed by atoms with Gasteiger partial charge in [0.05, 0.1) is 36.4 Å². The molecule has 3 heterocycles. The fraction of sp³-hybridized carbons (Fsp3) is 0.250. The lowest BCUT2D eigenvalue weighted by atomic mass is 9.93. The lowest BCUT2D eigenvalue weighted by Crippen LogP contribution is -2.29. The number of rotatable bonds is 7. The number of ether oxygens (including phenoxy) is 1. The number of halogens is 3. The van der Waals surface area contributed by atoms with Crippen LogP contribution < -0.4 is 11.1 Å². The third kappa shape index (κ3) is 5.31. The van der Waals surface area contributed by atoms with Crippen molar-refractivity contribution >= 4 is 22.9 Å². The van der Waals surface area contributed by atoms with Crippen LogP contribution in [0.1, 0.15) is 38.6 Å². The number of nitrogens with zero attached hydrogens (tertiary/aromatic N) is 2. The van der Waals surface area contributed by atoms with Crippen molar-refractivity contribution in [2.45, 2.75) is 19.6 Å². The van der Waals surface area contributed by atoms with Crippen LogP contribution in [0.15, 0.2) is 48.9 Å². The van der Waals surface area contributed by atoms with Gasteiger partial charge in [-0.3, -0.25) is 9.78 Å². The minimum atomic E-state index is -4.64. The number of nitrogens with one attached hydrogen (secondary N) is 3. The summed E-state index contributed by atoms with van der Waals surface area (Å²) in [7, 11) is 0. The Kier molecular flexibility index (Phi) is 6.81. The van der Waals surface area contributed by atoms with Gasteiger partial charge in [-0.25, -0.2) is 4.98 Å². The van der Waals surface area contributed by atoms with Crippen molar-refractivity contribution in [2.24, 2.45) is 11.7 Å². The molecule has 182 valence electrons. The smallest absolute Gasteiger partial charge is 0.380 e. The summed E-state index contributed by atoms with van der Waals surface area (Å²) >= 11 is 0.